The number of benzene rings is 1. The van der Waals surface area contributed by atoms with Crippen LogP contribution in [0.15, 0.2) is 18.2 Å². The van der Waals surface area contributed by atoms with Crippen LogP contribution < -0.4 is 20.1 Å². The fourth-order valence-electron chi connectivity index (χ4n) is 4.49. The third-order valence-corrected chi connectivity index (χ3v) is 7.41. The molecule has 2 N–H and O–H groups in total. The maximum Gasteiger partial charge on any atom is 0.317 e. The second kappa shape index (κ2) is 9.32. The second-order valence-corrected chi connectivity index (χ2v) is 9.52. The third-order valence-electron chi connectivity index (χ3n) is 6.33. The zero-order valence-corrected chi connectivity index (χ0v) is 18.7. The molecule has 3 amide bonds. The summed E-state index contributed by atoms with van der Waals surface area (Å²) in [6.45, 7) is 1.58. The third kappa shape index (κ3) is 4.64. The van der Waals surface area contributed by atoms with Crippen LogP contribution in [0, 0.1) is 0 Å². The van der Waals surface area contributed by atoms with Crippen molar-refractivity contribution in [1.82, 2.24) is 20.4 Å². The average Bonchev–Trinajstić information content (AvgIpc) is 3.49. The predicted molar refractivity (Wildman–Crippen MR) is 119 cm³/mol. The molecule has 3 aliphatic rings. The monoisotopic (exact) mass is 457 g/mol. The molecule has 0 atom stereocenters. The van der Waals surface area contributed by atoms with Crippen molar-refractivity contribution < 1.29 is 19.1 Å². The van der Waals surface area contributed by atoms with E-state index < -0.39 is 0 Å². The Kier molecular flexibility index (Phi) is 6.11. The molecule has 1 aliphatic carbocycles. The highest BCUT2D eigenvalue weighted by molar-refractivity contribution is 7.13. The van der Waals surface area contributed by atoms with Gasteiger partial charge in [-0.25, -0.2) is 4.79 Å². The molecule has 5 rings (SSSR count). The number of carbonyl (C=O) groups excluding carboxylic acids is 2. The summed E-state index contributed by atoms with van der Waals surface area (Å²) in [4.78, 5) is 27.1. The summed E-state index contributed by atoms with van der Waals surface area (Å²) in [6.07, 6.45) is 7.51. The van der Waals surface area contributed by atoms with Gasteiger partial charge in [0, 0.05) is 36.8 Å². The quantitative estimate of drug-likeness (QED) is 0.725. The van der Waals surface area contributed by atoms with Gasteiger partial charge in [-0.1, -0.05) is 30.6 Å². The summed E-state index contributed by atoms with van der Waals surface area (Å²) < 4.78 is 10.6. The second-order valence-electron chi connectivity index (χ2n) is 8.51. The molecule has 1 aromatic heterocycles. The van der Waals surface area contributed by atoms with E-state index in [1.165, 1.54) is 30.6 Å². The largest absolute Gasteiger partial charge is 0.454 e. The van der Waals surface area contributed by atoms with Crippen LogP contribution in [0.5, 0.6) is 11.5 Å². The van der Waals surface area contributed by atoms with Crippen molar-refractivity contribution in [1.29, 1.82) is 0 Å². The molecule has 1 aromatic carbocycles. The van der Waals surface area contributed by atoms with Crippen LogP contribution in [-0.4, -0.2) is 53.0 Å². The van der Waals surface area contributed by atoms with Gasteiger partial charge in [0.15, 0.2) is 11.5 Å². The van der Waals surface area contributed by atoms with Gasteiger partial charge in [0.2, 0.25) is 11.8 Å². The molecule has 9 nitrogen and oxygen atoms in total. The van der Waals surface area contributed by atoms with Gasteiger partial charge < -0.3 is 25.0 Å². The molecule has 0 radical (unpaired) electrons. The Bertz CT molecular complexity index is 982. The first-order valence-corrected chi connectivity index (χ1v) is 12.1. The lowest BCUT2D eigenvalue weighted by molar-refractivity contribution is 0.102. The number of nitrogens with one attached hydrogen (secondary N) is 2. The van der Waals surface area contributed by atoms with Crippen molar-refractivity contribution in [2.24, 2.45) is 0 Å². The molecule has 0 bridgehead atoms. The SMILES string of the molecule is O=C(Nc1ccc2c(c1)OCO2)c1nnc(C2CCN(C(=O)NC3CCCCC3)CC2)s1. The standard InChI is InChI=1S/C22H27N5O4S/c28-19(23-16-6-7-17-18(12-16)31-13-30-17)21-26-25-20(32-21)14-8-10-27(11-9-14)22(29)24-15-4-2-1-3-5-15/h6-7,12,14-15H,1-5,8-11,13H2,(H,23,28)(H,24,29). The molecular formula is C22H27N5O4S. The fourth-order valence-corrected chi connectivity index (χ4v) is 5.40. The Hall–Kier alpha value is -2.88. The Morgan fingerprint density at radius 2 is 1.78 bits per heavy atom. The molecule has 2 aliphatic heterocycles. The predicted octanol–water partition coefficient (Wildman–Crippen LogP) is 3.74. The van der Waals surface area contributed by atoms with Crippen molar-refractivity contribution in [3.63, 3.8) is 0 Å². The highest BCUT2D eigenvalue weighted by Crippen LogP contribution is 2.35. The van der Waals surface area contributed by atoms with E-state index in [4.69, 9.17) is 9.47 Å². The van der Waals surface area contributed by atoms with Gasteiger partial charge >= 0.3 is 6.03 Å². The summed E-state index contributed by atoms with van der Waals surface area (Å²) >= 11 is 1.32. The summed E-state index contributed by atoms with van der Waals surface area (Å²) in [5, 5.41) is 15.6. The first-order chi connectivity index (χ1) is 15.7. The molecule has 10 heteroatoms. The van der Waals surface area contributed by atoms with E-state index in [-0.39, 0.29) is 24.6 Å². The van der Waals surface area contributed by atoms with Crippen LogP contribution in [0.3, 0.4) is 0 Å². The van der Waals surface area contributed by atoms with E-state index in [1.54, 1.807) is 18.2 Å². The number of rotatable bonds is 4. The molecule has 1 saturated heterocycles. The molecular weight excluding hydrogens is 430 g/mol. The lowest BCUT2D eigenvalue weighted by Crippen LogP contribution is -2.48. The summed E-state index contributed by atoms with van der Waals surface area (Å²) in [5.41, 5.74) is 0.619. The highest BCUT2D eigenvalue weighted by Gasteiger charge is 2.28. The van der Waals surface area contributed by atoms with Crippen LogP contribution in [0.1, 0.15) is 65.7 Å². The van der Waals surface area contributed by atoms with Gasteiger partial charge in [-0.15, -0.1) is 10.2 Å². The maximum atomic E-state index is 12.6. The van der Waals surface area contributed by atoms with Crippen molar-refractivity contribution in [2.75, 3.05) is 25.2 Å². The van der Waals surface area contributed by atoms with Crippen LogP contribution in [-0.2, 0) is 0 Å². The Labute approximate surface area is 190 Å². The number of piperidine rings is 1. The van der Waals surface area contributed by atoms with Crippen LogP contribution in [0.25, 0.3) is 0 Å². The Morgan fingerprint density at radius 1 is 1.00 bits per heavy atom. The lowest BCUT2D eigenvalue weighted by atomic mass is 9.95. The van der Waals surface area contributed by atoms with E-state index >= 15 is 0 Å². The molecule has 0 unspecified atom stereocenters. The van der Waals surface area contributed by atoms with Crippen molar-refractivity contribution >= 4 is 29.0 Å². The smallest absolute Gasteiger partial charge is 0.317 e. The molecule has 32 heavy (non-hydrogen) atoms. The Morgan fingerprint density at radius 3 is 2.59 bits per heavy atom. The number of hydrogen-bond acceptors (Lipinski definition) is 7. The van der Waals surface area contributed by atoms with Gasteiger partial charge in [-0.2, -0.15) is 0 Å². The molecule has 3 heterocycles. The van der Waals surface area contributed by atoms with Crippen LogP contribution in [0.2, 0.25) is 0 Å². The van der Waals surface area contributed by atoms with E-state index in [0.717, 1.165) is 30.7 Å². The van der Waals surface area contributed by atoms with Gasteiger partial charge in [0.05, 0.1) is 0 Å². The van der Waals surface area contributed by atoms with Crippen molar-refractivity contribution in [3.8, 4) is 11.5 Å². The van der Waals surface area contributed by atoms with Gasteiger partial charge in [0.1, 0.15) is 5.01 Å². The number of anilines is 1. The minimum absolute atomic E-state index is 0.0522. The number of ether oxygens (including phenoxy) is 2. The number of hydrogen-bond donors (Lipinski definition) is 2. The number of fused-ring (bicyclic) bond motifs is 1. The first kappa shape index (κ1) is 21.0. The van der Waals surface area contributed by atoms with Crippen LogP contribution in [0.4, 0.5) is 10.5 Å². The van der Waals surface area contributed by atoms with Gasteiger partial charge in [-0.05, 0) is 37.8 Å². The molecule has 0 spiro atoms. The zero-order chi connectivity index (χ0) is 21.9. The number of likely N-dealkylation sites (tertiary alicyclic amines) is 1. The number of aromatic nitrogens is 2. The van der Waals surface area contributed by atoms with E-state index in [1.807, 2.05) is 4.90 Å². The van der Waals surface area contributed by atoms with Gasteiger partial charge in [0.25, 0.3) is 5.91 Å². The Balaban J connectivity index is 1.13. The topological polar surface area (TPSA) is 106 Å². The average molecular weight is 458 g/mol. The first-order valence-electron chi connectivity index (χ1n) is 11.3. The normalized spacial score (nSPS) is 19.1. The molecule has 170 valence electrons. The van der Waals surface area contributed by atoms with E-state index in [0.29, 0.717) is 41.3 Å². The highest BCUT2D eigenvalue weighted by atomic mass is 32.1. The number of urea groups is 1. The number of amides is 3. The summed E-state index contributed by atoms with van der Waals surface area (Å²) in [7, 11) is 0. The maximum absolute atomic E-state index is 12.6. The van der Waals surface area contributed by atoms with Crippen LogP contribution >= 0.6 is 11.3 Å². The lowest BCUT2D eigenvalue weighted by Gasteiger charge is -2.33. The zero-order valence-electron chi connectivity index (χ0n) is 17.8. The molecule has 2 aromatic rings. The van der Waals surface area contributed by atoms with Crippen molar-refractivity contribution in [2.45, 2.75) is 56.9 Å². The molecule has 1 saturated carbocycles. The van der Waals surface area contributed by atoms with Crippen molar-refractivity contribution in [3.05, 3.63) is 28.2 Å². The minimum atomic E-state index is -0.295. The van der Waals surface area contributed by atoms with Gasteiger partial charge in [-0.3, -0.25) is 4.79 Å². The summed E-state index contributed by atoms with van der Waals surface area (Å²) in [5.74, 6) is 1.20. The molecule has 2 fully saturated rings. The fraction of sp³-hybridized carbons (Fsp3) is 0.545. The minimum Gasteiger partial charge on any atom is -0.454 e. The number of nitrogens with zero attached hydrogens (tertiary/aromatic N) is 3. The number of carbonyl (C=O) groups is 2. The van der Waals surface area contributed by atoms with E-state index in [2.05, 4.69) is 20.8 Å². The van der Waals surface area contributed by atoms with E-state index in [9.17, 15) is 9.59 Å². The summed E-state index contributed by atoms with van der Waals surface area (Å²) in [6, 6.07) is 5.64.